The van der Waals surface area contributed by atoms with Crippen molar-refractivity contribution >= 4 is 34.8 Å². The Labute approximate surface area is 199 Å². The first-order valence-corrected chi connectivity index (χ1v) is 11.2. The quantitative estimate of drug-likeness (QED) is 0.295. The first-order valence-electron chi connectivity index (χ1n) is 10.4. The van der Waals surface area contributed by atoms with Crippen molar-refractivity contribution in [3.63, 3.8) is 0 Å². The monoisotopic (exact) mass is 488 g/mol. The van der Waals surface area contributed by atoms with E-state index < -0.39 is 17.5 Å². The Balaban J connectivity index is 1.90. The average Bonchev–Trinajstić information content (AvgIpc) is 3.18. The molecule has 0 saturated heterocycles. The number of phenolic OH excluding ortho intramolecular Hbond substituents is 1. The smallest absolute Gasteiger partial charge is 0.416 e. The van der Waals surface area contributed by atoms with Crippen molar-refractivity contribution in [1.82, 2.24) is 4.98 Å². The van der Waals surface area contributed by atoms with Gasteiger partial charge in [0.05, 0.1) is 21.7 Å². The fraction of sp³-hybridized carbons (Fsp3) is 0.240. The number of anilines is 1. The number of hydrogen-bond donors (Lipinski definition) is 2. The summed E-state index contributed by atoms with van der Waals surface area (Å²) in [4.78, 5) is 29.3. The van der Waals surface area contributed by atoms with E-state index in [9.17, 15) is 27.9 Å². The highest BCUT2D eigenvalue weighted by atomic mass is 32.1. The van der Waals surface area contributed by atoms with E-state index in [1.54, 1.807) is 13.0 Å². The van der Waals surface area contributed by atoms with Gasteiger partial charge in [0.1, 0.15) is 10.8 Å². The van der Waals surface area contributed by atoms with Gasteiger partial charge in [-0.1, -0.05) is 26.0 Å². The molecule has 3 rings (SSSR count). The van der Waals surface area contributed by atoms with Crippen LogP contribution in [0.3, 0.4) is 0 Å². The van der Waals surface area contributed by atoms with E-state index in [0.29, 0.717) is 32.4 Å². The number of thiazole rings is 1. The molecule has 0 unspecified atom stereocenters. The summed E-state index contributed by atoms with van der Waals surface area (Å²) in [6.45, 7) is 6.92. The van der Waals surface area contributed by atoms with Crippen molar-refractivity contribution in [2.24, 2.45) is 0 Å². The van der Waals surface area contributed by atoms with E-state index in [1.807, 2.05) is 13.8 Å². The van der Waals surface area contributed by atoms with E-state index in [0.717, 1.165) is 12.1 Å². The SMILES string of the molecule is CC(=O)Nc1cc(O)c(C(=O)C=Cc2sc(-c3ccc(C(F)(F)F)cc3)nc2C(C)C)cc1C. The third-order valence-corrected chi connectivity index (χ3v) is 6.08. The molecule has 9 heteroatoms. The van der Waals surface area contributed by atoms with Gasteiger partial charge in [-0.15, -0.1) is 11.3 Å². The molecule has 0 saturated carbocycles. The van der Waals surface area contributed by atoms with Crippen LogP contribution in [0.15, 0.2) is 42.5 Å². The number of ketones is 1. The van der Waals surface area contributed by atoms with Crippen LogP contribution in [-0.2, 0) is 11.0 Å². The molecule has 0 bridgehead atoms. The minimum absolute atomic E-state index is 0.0155. The van der Waals surface area contributed by atoms with Gasteiger partial charge in [0.2, 0.25) is 5.91 Å². The van der Waals surface area contributed by atoms with E-state index in [4.69, 9.17) is 0 Å². The maximum absolute atomic E-state index is 12.9. The van der Waals surface area contributed by atoms with Gasteiger partial charge in [-0.05, 0) is 48.8 Å². The fourth-order valence-corrected chi connectivity index (χ4v) is 4.39. The molecule has 0 aliphatic rings. The number of allylic oxidation sites excluding steroid dienone is 1. The van der Waals surface area contributed by atoms with Gasteiger partial charge in [-0.25, -0.2) is 4.98 Å². The van der Waals surface area contributed by atoms with Gasteiger partial charge >= 0.3 is 6.18 Å². The zero-order valence-corrected chi connectivity index (χ0v) is 19.8. The summed E-state index contributed by atoms with van der Waals surface area (Å²) in [6.07, 6.45) is -1.50. The number of halogens is 3. The van der Waals surface area contributed by atoms with Gasteiger partial charge in [-0.2, -0.15) is 13.2 Å². The minimum atomic E-state index is -4.41. The van der Waals surface area contributed by atoms with Crippen molar-refractivity contribution in [2.75, 3.05) is 5.32 Å². The number of rotatable bonds is 6. The third kappa shape index (κ3) is 5.72. The molecular formula is C25H23F3N2O3S. The molecule has 3 aromatic rings. The minimum Gasteiger partial charge on any atom is -0.507 e. The van der Waals surface area contributed by atoms with Crippen LogP contribution in [-0.4, -0.2) is 21.8 Å². The molecule has 1 amide bonds. The molecule has 0 aliphatic heterocycles. The number of phenols is 1. The lowest BCUT2D eigenvalue weighted by Crippen LogP contribution is -2.08. The summed E-state index contributed by atoms with van der Waals surface area (Å²) in [7, 11) is 0. The van der Waals surface area contributed by atoms with Crippen LogP contribution in [0.2, 0.25) is 0 Å². The van der Waals surface area contributed by atoms with Crippen LogP contribution >= 0.6 is 11.3 Å². The highest BCUT2D eigenvalue weighted by Gasteiger charge is 2.30. The maximum Gasteiger partial charge on any atom is 0.416 e. The van der Waals surface area contributed by atoms with Crippen LogP contribution in [0.4, 0.5) is 18.9 Å². The number of benzene rings is 2. The normalized spacial score (nSPS) is 11.9. The number of carbonyl (C=O) groups is 2. The Kier molecular flexibility index (Phi) is 7.26. The predicted molar refractivity (Wildman–Crippen MR) is 127 cm³/mol. The molecule has 0 atom stereocenters. The molecule has 1 heterocycles. The lowest BCUT2D eigenvalue weighted by atomic mass is 10.0. The molecule has 5 nitrogen and oxygen atoms in total. The summed E-state index contributed by atoms with van der Waals surface area (Å²) < 4.78 is 38.6. The standard InChI is InChI=1S/C25H23F3N2O3S/c1-13(2)23-22(34-24(30-23)16-5-7-17(8-6-16)25(26,27)28)10-9-20(32)18-11-14(3)19(12-21(18)33)29-15(4)31/h5-13,33H,1-4H3,(H,29,31). The predicted octanol–water partition coefficient (Wildman–Crippen LogP) is 6.82. The summed E-state index contributed by atoms with van der Waals surface area (Å²) >= 11 is 1.27. The number of nitrogens with one attached hydrogen (secondary N) is 1. The highest BCUT2D eigenvalue weighted by Crippen LogP contribution is 2.35. The van der Waals surface area contributed by atoms with Gasteiger partial charge in [0, 0.05) is 24.2 Å². The second-order valence-electron chi connectivity index (χ2n) is 8.06. The molecule has 0 aliphatic carbocycles. The number of aromatic hydroxyl groups is 1. The van der Waals surface area contributed by atoms with E-state index in [1.165, 1.54) is 48.6 Å². The number of amides is 1. The second-order valence-corrected chi connectivity index (χ2v) is 9.09. The Morgan fingerprint density at radius 3 is 2.35 bits per heavy atom. The maximum atomic E-state index is 12.9. The lowest BCUT2D eigenvalue weighted by molar-refractivity contribution is -0.137. The summed E-state index contributed by atoms with van der Waals surface area (Å²) in [5.74, 6) is -0.976. The Hall–Kier alpha value is -3.46. The Morgan fingerprint density at radius 2 is 1.79 bits per heavy atom. The molecule has 0 spiro atoms. The number of carbonyl (C=O) groups excluding carboxylic acids is 2. The van der Waals surface area contributed by atoms with Crippen molar-refractivity contribution in [3.05, 3.63) is 69.7 Å². The fourth-order valence-electron chi connectivity index (χ4n) is 3.26. The number of hydrogen-bond acceptors (Lipinski definition) is 5. The third-order valence-electron chi connectivity index (χ3n) is 4.99. The van der Waals surface area contributed by atoms with Gasteiger partial charge in [0.15, 0.2) is 5.78 Å². The largest absolute Gasteiger partial charge is 0.507 e. The topological polar surface area (TPSA) is 79.3 Å². The summed E-state index contributed by atoms with van der Waals surface area (Å²) in [5, 5.41) is 13.4. The molecular weight excluding hydrogens is 465 g/mol. The average molecular weight is 489 g/mol. The van der Waals surface area contributed by atoms with Crippen LogP contribution in [0, 0.1) is 6.92 Å². The number of aryl methyl sites for hydroxylation is 1. The molecule has 0 radical (unpaired) electrons. The molecule has 2 N–H and O–H groups in total. The van der Waals surface area contributed by atoms with Crippen LogP contribution in [0.25, 0.3) is 16.6 Å². The van der Waals surface area contributed by atoms with Crippen molar-refractivity contribution in [2.45, 2.75) is 39.8 Å². The number of alkyl halides is 3. The molecule has 34 heavy (non-hydrogen) atoms. The zero-order chi connectivity index (χ0) is 25.2. The van der Waals surface area contributed by atoms with E-state index in [-0.39, 0.29) is 23.1 Å². The Bertz CT molecular complexity index is 1260. The molecule has 2 aromatic carbocycles. The van der Waals surface area contributed by atoms with E-state index >= 15 is 0 Å². The molecule has 0 fully saturated rings. The summed E-state index contributed by atoms with van der Waals surface area (Å²) in [6, 6.07) is 7.61. The van der Waals surface area contributed by atoms with Crippen molar-refractivity contribution in [3.8, 4) is 16.3 Å². The first kappa shape index (κ1) is 25.2. The number of nitrogens with zero attached hydrogens (tertiary/aromatic N) is 1. The van der Waals surface area contributed by atoms with Gasteiger partial charge in [-0.3, -0.25) is 9.59 Å². The first-order chi connectivity index (χ1) is 15.9. The molecule has 1 aromatic heterocycles. The summed E-state index contributed by atoms with van der Waals surface area (Å²) in [5.41, 5.74) is 1.65. The zero-order valence-electron chi connectivity index (χ0n) is 18.9. The lowest BCUT2D eigenvalue weighted by Gasteiger charge is -2.09. The van der Waals surface area contributed by atoms with Gasteiger partial charge < -0.3 is 10.4 Å². The number of aromatic nitrogens is 1. The van der Waals surface area contributed by atoms with E-state index in [2.05, 4.69) is 10.3 Å². The Morgan fingerprint density at radius 1 is 1.15 bits per heavy atom. The van der Waals surface area contributed by atoms with Crippen LogP contribution in [0.5, 0.6) is 5.75 Å². The van der Waals surface area contributed by atoms with Crippen molar-refractivity contribution in [1.29, 1.82) is 0 Å². The second kappa shape index (κ2) is 9.80. The van der Waals surface area contributed by atoms with Crippen molar-refractivity contribution < 1.29 is 27.9 Å². The highest BCUT2D eigenvalue weighted by molar-refractivity contribution is 7.16. The van der Waals surface area contributed by atoms with Gasteiger partial charge in [0.25, 0.3) is 0 Å². The van der Waals surface area contributed by atoms with Crippen LogP contribution < -0.4 is 5.32 Å². The molecule has 178 valence electrons. The van der Waals surface area contributed by atoms with Crippen LogP contribution in [0.1, 0.15) is 58.7 Å².